The number of furan rings is 1. The third kappa shape index (κ3) is 5.43. The van der Waals surface area contributed by atoms with E-state index < -0.39 is 0 Å². The van der Waals surface area contributed by atoms with Crippen LogP contribution in [-0.4, -0.2) is 15.0 Å². The van der Waals surface area contributed by atoms with Crippen molar-refractivity contribution in [3.63, 3.8) is 0 Å². The number of fused-ring (bicyclic) bond motifs is 7. The van der Waals surface area contributed by atoms with Crippen LogP contribution in [0.5, 0.6) is 0 Å². The first-order valence-corrected chi connectivity index (χ1v) is 18.5. The molecule has 11 aromatic rings. The van der Waals surface area contributed by atoms with Crippen LogP contribution in [0.2, 0.25) is 0 Å². The number of hydrogen-bond acceptors (Lipinski definition) is 4. The van der Waals surface area contributed by atoms with E-state index in [-0.39, 0.29) is 0 Å². The maximum atomic E-state index is 6.66. The van der Waals surface area contributed by atoms with Gasteiger partial charge in [-0.15, -0.1) is 0 Å². The third-order valence-electron chi connectivity index (χ3n) is 10.7. The molecule has 11 rings (SSSR count). The van der Waals surface area contributed by atoms with Crippen molar-refractivity contribution in [1.82, 2.24) is 15.0 Å². The summed E-state index contributed by atoms with van der Waals surface area (Å²) in [7, 11) is 0. The van der Waals surface area contributed by atoms with Gasteiger partial charge in [-0.05, 0) is 85.6 Å². The number of rotatable bonds is 5. The van der Waals surface area contributed by atoms with E-state index in [0.29, 0.717) is 17.5 Å². The van der Waals surface area contributed by atoms with E-state index in [1.807, 2.05) is 0 Å². The van der Waals surface area contributed by atoms with Gasteiger partial charge in [-0.25, -0.2) is 15.0 Å². The standard InChI is InChI=1S/C51H31N3O/c1-2-11-32(12-3-1)37-17-10-18-38(27-37)39-25-26-47-44(30-39)45-31-46(42-19-8-9-20-43(42)48(45)55-47)51-53-49(40-23-21-33-13-4-6-15-35(33)28-40)52-50(54-51)41-24-22-34-14-5-7-16-36(34)29-41/h1-31H. The Morgan fingerprint density at radius 2 is 0.818 bits per heavy atom. The highest BCUT2D eigenvalue weighted by molar-refractivity contribution is 6.19. The van der Waals surface area contributed by atoms with Crippen LogP contribution >= 0.6 is 0 Å². The van der Waals surface area contributed by atoms with Crippen LogP contribution in [-0.2, 0) is 0 Å². The number of aromatic nitrogens is 3. The van der Waals surface area contributed by atoms with Crippen LogP contribution in [0.25, 0.3) is 111 Å². The summed E-state index contributed by atoms with van der Waals surface area (Å²) in [5.74, 6) is 1.86. The summed E-state index contributed by atoms with van der Waals surface area (Å²) in [5, 5.41) is 8.71. The Hall–Kier alpha value is -7.43. The molecule has 0 spiro atoms. The fraction of sp³-hybridized carbons (Fsp3) is 0. The number of nitrogens with zero attached hydrogens (tertiary/aromatic N) is 3. The summed E-state index contributed by atoms with van der Waals surface area (Å²) in [6, 6.07) is 65.9. The van der Waals surface area contributed by atoms with Crippen molar-refractivity contribution in [2.45, 2.75) is 0 Å². The molecule has 0 radical (unpaired) electrons. The summed E-state index contributed by atoms with van der Waals surface area (Å²) < 4.78 is 6.66. The van der Waals surface area contributed by atoms with Crippen molar-refractivity contribution in [1.29, 1.82) is 0 Å². The van der Waals surface area contributed by atoms with E-state index in [1.165, 1.54) is 21.9 Å². The molecule has 55 heavy (non-hydrogen) atoms. The maximum absolute atomic E-state index is 6.66. The van der Waals surface area contributed by atoms with Crippen LogP contribution in [0, 0.1) is 0 Å². The zero-order valence-electron chi connectivity index (χ0n) is 29.6. The highest BCUT2D eigenvalue weighted by Crippen LogP contribution is 2.41. The molecular formula is C51H31N3O. The second-order valence-corrected chi connectivity index (χ2v) is 14.0. The van der Waals surface area contributed by atoms with Gasteiger partial charge in [-0.1, -0.05) is 152 Å². The molecule has 0 aliphatic rings. The van der Waals surface area contributed by atoms with Gasteiger partial charge in [0.1, 0.15) is 11.2 Å². The van der Waals surface area contributed by atoms with Crippen LogP contribution in [0.4, 0.5) is 0 Å². The van der Waals surface area contributed by atoms with Crippen molar-refractivity contribution in [3.8, 4) is 56.4 Å². The molecule has 0 saturated carbocycles. The molecule has 0 amide bonds. The zero-order chi connectivity index (χ0) is 36.3. The summed E-state index contributed by atoms with van der Waals surface area (Å²) in [6.07, 6.45) is 0. The average molecular weight is 702 g/mol. The first-order valence-electron chi connectivity index (χ1n) is 18.5. The Kier molecular flexibility index (Phi) is 7.14. The molecule has 0 unspecified atom stereocenters. The predicted octanol–water partition coefficient (Wildman–Crippen LogP) is 13.6. The van der Waals surface area contributed by atoms with Crippen molar-refractivity contribution < 1.29 is 4.42 Å². The number of benzene rings is 9. The zero-order valence-corrected chi connectivity index (χ0v) is 29.6. The molecule has 256 valence electrons. The van der Waals surface area contributed by atoms with Gasteiger partial charge in [0.05, 0.1) is 0 Å². The van der Waals surface area contributed by atoms with Gasteiger partial charge < -0.3 is 4.42 Å². The predicted molar refractivity (Wildman–Crippen MR) is 227 cm³/mol. The molecule has 0 atom stereocenters. The van der Waals surface area contributed by atoms with Gasteiger partial charge in [-0.3, -0.25) is 0 Å². The molecule has 0 aliphatic heterocycles. The van der Waals surface area contributed by atoms with Crippen molar-refractivity contribution in [2.75, 3.05) is 0 Å². The molecule has 4 heteroatoms. The van der Waals surface area contributed by atoms with Gasteiger partial charge in [-0.2, -0.15) is 0 Å². The largest absolute Gasteiger partial charge is 0.455 e. The van der Waals surface area contributed by atoms with Gasteiger partial charge in [0.25, 0.3) is 0 Å². The lowest BCUT2D eigenvalue weighted by molar-refractivity contribution is 0.673. The SMILES string of the molecule is c1ccc(-c2cccc(-c3ccc4oc5c6ccccc6c(-c6nc(-c7ccc8ccccc8c7)nc(-c7ccc8ccccc8c7)n6)cc5c4c3)c2)cc1. The van der Waals surface area contributed by atoms with Gasteiger partial charge in [0.2, 0.25) is 0 Å². The van der Waals surface area contributed by atoms with E-state index in [2.05, 4.69) is 188 Å². The van der Waals surface area contributed by atoms with Crippen molar-refractivity contribution in [3.05, 3.63) is 188 Å². The summed E-state index contributed by atoms with van der Waals surface area (Å²) >= 11 is 0. The second-order valence-electron chi connectivity index (χ2n) is 14.0. The van der Waals surface area contributed by atoms with E-state index in [9.17, 15) is 0 Å². The minimum Gasteiger partial charge on any atom is -0.455 e. The Labute approximate surface area is 317 Å². The first kappa shape index (κ1) is 31.1. The fourth-order valence-electron chi connectivity index (χ4n) is 7.88. The normalized spacial score (nSPS) is 11.6. The Morgan fingerprint density at radius 3 is 1.51 bits per heavy atom. The minimum atomic E-state index is 0.612. The molecule has 0 N–H and O–H groups in total. The molecule has 0 aliphatic carbocycles. The molecule has 2 aromatic heterocycles. The van der Waals surface area contributed by atoms with Gasteiger partial charge >= 0.3 is 0 Å². The lowest BCUT2D eigenvalue weighted by Crippen LogP contribution is -2.01. The molecule has 9 aromatic carbocycles. The summed E-state index contributed by atoms with van der Waals surface area (Å²) in [6.45, 7) is 0. The van der Waals surface area contributed by atoms with Crippen molar-refractivity contribution >= 4 is 54.3 Å². The van der Waals surface area contributed by atoms with E-state index in [1.54, 1.807) is 0 Å². The van der Waals surface area contributed by atoms with Crippen LogP contribution in [0.15, 0.2) is 192 Å². The Balaban J connectivity index is 1.13. The number of hydrogen-bond donors (Lipinski definition) is 0. The van der Waals surface area contributed by atoms with E-state index >= 15 is 0 Å². The van der Waals surface area contributed by atoms with Gasteiger partial charge in [0, 0.05) is 32.8 Å². The van der Waals surface area contributed by atoms with Crippen molar-refractivity contribution in [2.24, 2.45) is 0 Å². The molecule has 0 saturated heterocycles. The second kappa shape index (κ2) is 12.6. The molecular weight excluding hydrogens is 671 g/mol. The highest BCUT2D eigenvalue weighted by Gasteiger charge is 2.20. The minimum absolute atomic E-state index is 0.612. The van der Waals surface area contributed by atoms with Crippen LogP contribution < -0.4 is 0 Å². The summed E-state index contributed by atoms with van der Waals surface area (Å²) in [4.78, 5) is 15.6. The molecule has 0 bridgehead atoms. The summed E-state index contributed by atoms with van der Waals surface area (Å²) in [5.41, 5.74) is 9.14. The lowest BCUT2D eigenvalue weighted by atomic mass is 9.96. The monoisotopic (exact) mass is 701 g/mol. The quantitative estimate of drug-likeness (QED) is 0.179. The Morgan fingerprint density at radius 1 is 0.291 bits per heavy atom. The fourth-order valence-corrected chi connectivity index (χ4v) is 7.88. The first-order chi connectivity index (χ1) is 27.2. The topological polar surface area (TPSA) is 51.8 Å². The molecule has 0 fully saturated rings. The molecule has 2 heterocycles. The Bertz CT molecular complexity index is 3180. The maximum Gasteiger partial charge on any atom is 0.164 e. The third-order valence-corrected chi connectivity index (χ3v) is 10.7. The average Bonchev–Trinajstić information content (AvgIpc) is 3.64. The van der Waals surface area contributed by atoms with E-state index in [4.69, 9.17) is 19.4 Å². The highest BCUT2D eigenvalue weighted by atomic mass is 16.3. The molecule has 4 nitrogen and oxygen atoms in total. The van der Waals surface area contributed by atoms with Crippen LogP contribution in [0.1, 0.15) is 0 Å². The van der Waals surface area contributed by atoms with Crippen LogP contribution in [0.3, 0.4) is 0 Å². The van der Waals surface area contributed by atoms with Gasteiger partial charge in [0.15, 0.2) is 17.5 Å². The smallest absolute Gasteiger partial charge is 0.164 e. The van der Waals surface area contributed by atoms with E-state index in [0.717, 1.165) is 71.3 Å². The lowest BCUT2D eigenvalue weighted by Gasteiger charge is -2.12.